The molecule has 0 amide bonds. The lowest BCUT2D eigenvalue weighted by Crippen LogP contribution is -2.35. The molecule has 0 aliphatic rings. The second-order valence-electron chi connectivity index (χ2n) is 5.82. The molecule has 0 heterocycles. The number of carboxylic acids is 1. The summed E-state index contributed by atoms with van der Waals surface area (Å²) >= 11 is 0. The van der Waals surface area contributed by atoms with Gasteiger partial charge in [-0.2, -0.15) is 0 Å². The maximum Gasteiger partial charge on any atom is 0.335 e. The molecule has 1 rings (SSSR count). The molecule has 1 aromatic rings. The molecule has 0 saturated heterocycles. The molecule has 0 radical (unpaired) electrons. The Bertz CT molecular complexity index is 422. The molecule has 1 unspecified atom stereocenters. The first kappa shape index (κ1) is 14.7. The van der Waals surface area contributed by atoms with Crippen LogP contribution >= 0.6 is 0 Å². The van der Waals surface area contributed by atoms with Gasteiger partial charge in [0, 0.05) is 0 Å². The third-order valence-corrected chi connectivity index (χ3v) is 3.33. The lowest BCUT2D eigenvalue weighted by Gasteiger charge is -2.33. The Hall–Kier alpha value is -1.35. The summed E-state index contributed by atoms with van der Waals surface area (Å²) in [4.78, 5) is 11.1. The molecular weight excluding hydrogens is 228 g/mol. The molecule has 0 aromatic heterocycles. The molecule has 0 bridgehead atoms. The van der Waals surface area contributed by atoms with Gasteiger partial charge in [0.25, 0.3) is 0 Å². The average molecular weight is 250 g/mol. The van der Waals surface area contributed by atoms with Crippen LogP contribution in [-0.4, -0.2) is 22.3 Å². The molecule has 0 saturated carbocycles. The van der Waals surface area contributed by atoms with Gasteiger partial charge in [0.15, 0.2) is 0 Å². The molecule has 0 aliphatic carbocycles. The van der Waals surface area contributed by atoms with Crippen LogP contribution in [0.5, 0.6) is 0 Å². The van der Waals surface area contributed by atoms with E-state index in [4.69, 9.17) is 5.11 Å². The van der Waals surface area contributed by atoms with Crippen LogP contribution in [-0.2, 0) is 6.42 Å². The topological polar surface area (TPSA) is 57.5 Å². The lowest BCUT2D eigenvalue weighted by molar-refractivity contribution is 0.0132. The predicted octanol–water partition coefficient (Wildman–Crippen LogP) is 2.97. The number of aromatic carboxylic acids is 1. The number of aliphatic hydroxyl groups is 1. The highest BCUT2D eigenvalue weighted by Gasteiger charge is 2.31. The average Bonchev–Trinajstić information content (AvgIpc) is 2.27. The second-order valence-corrected chi connectivity index (χ2v) is 5.82. The number of aliphatic hydroxyl groups excluding tert-OH is 1. The van der Waals surface area contributed by atoms with Crippen LogP contribution in [0.3, 0.4) is 0 Å². The molecule has 2 N–H and O–H groups in total. The first-order chi connectivity index (χ1) is 8.25. The van der Waals surface area contributed by atoms with E-state index in [1.54, 1.807) is 12.1 Å². The first-order valence-corrected chi connectivity index (χ1v) is 6.25. The molecule has 0 spiro atoms. The van der Waals surface area contributed by atoms with Gasteiger partial charge < -0.3 is 10.2 Å². The summed E-state index contributed by atoms with van der Waals surface area (Å²) in [7, 11) is 0. The number of carboxylic acid groups (broad SMARTS) is 1. The molecule has 18 heavy (non-hydrogen) atoms. The highest BCUT2D eigenvalue weighted by molar-refractivity contribution is 5.89. The SMILES string of the molecule is CC(C)C(O)C(C)(C)Cc1ccccc1C(=O)O. The summed E-state index contributed by atoms with van der Waals surface area (Å²) in [6.45, 7) is 7.87. The molecule has 0 aliphatic heterocycles. The Morgan fingerprint density at radius 3 is 2.33 bits per heavy atom. The zero-order valence-corrected chi connectivity index (χ0v) is 11.5. The zero-order valence-electron chi connectivity index (χ0n) is 11.5. The van der Waals surface area contributed by atoms with E-state index in [-0.39, 0.29) is 11.3 Å². The van der Waals surface area contributed by atoms with Gasteiger partial charge in [-0.3, -0.25) is 0 Å². The van der Waals surface area contributed by atoms with Crippen molar-refractivity contribution in [2.75, 3.05) is 0 Å². The van der Waals surface area contributed by atoms with Crippen molar-refractivity contribution in [2.24, 2.45) is 11.3 Å². The van der Waals surface area contributed by atoms with Gasteiger partial charge in [-0.15, -0.1) is 0 Å². The fourth-order valence-electron chi connectivity index (χ4n) is 2.38. The third kappa shape index (κ3) is 3.33. The Kier molecular flexibility index (Phi) is 4.52. The van der Waals surface area contributed by atoms with Gasteiger partial charge >= 0.3 is 5.97 Å². The summed E-state index contributed by atoms with van der Waals surface area (Å²) in [5, 5.41) is 19.3. The Morgan fingerprint density at radius 1 is 1.28 bits per heavy atom. The van der Waals surface area contributed by atoms with Crippen LogP contribution < -0.4 is 0 Å². The van der Waals surface area contributed by atoms with Crippen molar-refractivity contribution in [1.82, 2.24) is 0 Å². The van der Waals surface area contributed by atoms with Crippen molar-refractivity contribution in [3.8, 4) is 0 Å². The molecule has 3 nitrogen and oxygen atoms in total. The highest BCUT2D eigenvalue weighted by Crippen LogP contribution is 2.31. The van der Waals surface area contributed by atoms with Crippen molar-refractivity contribution in [3.63, 3.8) is 0 Å². The van der Waals surface area contributed by atoms with Crippen LogP contribution in [0, 0.1) is 11.3 Å². The minimum atomic E-state index is -0.916. The maximum absolute atomic E-state index is 11.1. The number of hydrogen-bond acceptors (Lipinski definition) is 2. The van der Waals surface area contributed by atoms with Gasteiger partial charge in [-0.1, -0.05) is 45.9 Å². The summed E-state index contributed by atoms with van der Waals surface area (Å²) in [5.74, 6) is -0.766. The Balaban J connectivity index is 3.00. The van der Waals surface area contributed by atoms with Crippen molar-refractivity contribution < 1.29 is 15.0 Å². The van der Waals surface area contributed by atoms with E-state index < -0.39 is 12.1 Å². The fourth-order valence-corrected chi connectivity index (χ4v) is 2.38. The molecule has 100 valence electrons. The number of carbonyl (C=O) groups is 1. The van der Waals surface area contributed by atoms with Crippen LogP contribution in [0.4, 0.5) is 0 Å². The minimum Gasteiger partial charge on any atom is -0.478 e. The van der Waals surface area contributed by atoms with Crippen molar-refractivity contribution in [2.45, 2.75) is 40.2 Å². The van der Waals surface area contributed by atoms with Crippen LogP contribution in [0.2, 0.25) is 0 Å². The smallest absolute Gasteiger partial charge is 0.335 e. The van der Waals surface area contributed by atoms with Crippen LogP contribution in [0.1, 0.15) is 43.6 Å². The number of hydrogen-bond donors (Lipinski definition) is 2. The Morgan fingerprint density at radius 2 is 1.83 bits per heavy atom. The van der Waals surface area contributed by atoms with Gasteiger partial charge in [0.2, 0.25) is 0 Å². The zero-order chi connectivity index (χ0) is 13.9. The van der Waals surface area contributed by atoms with Crippen molar-refractivity contribution in [3.05, 3.63) is 35.4 Å². The first-order valence-electron chi connectivity index (χ1n) is 6.25. The van der Waals surface area contributed by atoms with E-state index in [0.29, 0.717) is 12.0 Å². The largest absolute Gasteiger partial charge is 0.478 e. The summed E-state index contributed by atoms with van der Waals surface area (Å²) in [6, 6.07) is 6.98. The van der Waals surface area contributed by atoms with Crippen molar-refractivity contribution >= 4 is 5.97 Å². The predicted molar refractivity (Wildman–Crippen MR) is 71.7 cm³/mol. The summed E-state index contributed by atoms with van der Waals surface area (Å²) in [5.41, 5.74) is 0.746. The Labute approximate surface area is 108 Å². The van der Waals surface area contributed by atoms with Crippen molar-refractivity contribution in [1.29, 1.82) is 0 Å². The summed E-state index contributed by atoms with van der Waals surface area (Å²) in [6.07, 6.45) is 0.0915. The molecule has 1 atom stereocenters. The second kappa shape index (κ2) is 5.53. The normalized spacial score (nSPS) is 13.7. The van der Waals surface area contributed by atoms with E-state index in [0.717, 1.165) is 5.56 Å². The van der Waals surface area contributed by atoms with Gasteiger partial charge in [0.05, 0.1) is 11.7 Å². The number of rotatable bonds is 5. The minimum absolute atomic E-state index is 0.150. The van der Waals surface area contributed by atoms with E-state index in [9.17, 15) is 9.90 Å². The maximum atomic E-state index is 11.1. The molecule has 1 aromatic carbocycles. The van der Waals surface area contributed by atoms with E-state index in [1.807, 2.05) is 39.8 Å². The molecular formula is C15H22O3. The van der Waals surface area contributed by atoms with Gasteiger partial charge in [-0.25, -0.2) is 4.79 Å². The standard InChI is InChI=1S/C15H22O3/c1-10(2)13(16)15(3,4)9-11-7-5-6-8-12(11)14(17)18/h5-8,10,13,16H,9H2,1-4H3,(H,17,18). The fraction of sp³-hybridized carbons (Fsp3) is 0.533. The lowest BCUT2D eigenvalue weighted by atomic mass is 9.75. The van der Waals surface area contributed by atoms with E-state index in [1.165, 1.54) is 0 Å². The number of benzene rings is 1. The van der Waals surface area contributed by atoms with E-state index in [2.05, 4.69) is 0 Å². The third-order valence-electron chi connectivity index (χ3n) is 3.33. The van der Waals surface area contributed by atoms with Gasteiger partial charge in [-0.05, 0) is 29.4 Å². The quantitative estimate of drug-likeness (QED) is 0.844. The molecule has 3 heteroatoms. The summed E-state index contributed by atoms with van der Waals surface area (Å²) < 4.78 is 0. The van der Waals surface area contributed by atoms with Crippen LogP contribution in [0.25, 0.3) is 0 Å². The van der Waals surface area contributed by atoms with E-state index >= 15 is 0 Å². The highest BCUT2D eigenvalue weighted by atomic mass is 16.4. The molecule has 0 fully saturated rings. The van der Waals surface area contributed by atoms with Crippen LogP contribution in [0.15, 0.2) is 24.3 Å². The monoisotopic (exact) mass is 250 g/mol. The van der Waals surface area contributed by atoms with Gasteiger partial charge in [0.1, 0.15) is 0 Å².